The molecule has 3 aromatic carbocycles. The second kappa shape index (κ2) is 8.32. The van der Waals surface area contributed by atoms with Crippen LogP contribution >= 0.6 is 11.6 Å². The molecule has 8 nitrogen and oxygen atoms in total. The third kappa shape index (κ3) is 3.76. The first-order valence-electron chi connectivity index (χ1n) is 11.1. The lowest BCUT2D eigenvalue weighted by molar-refractivity contribution is 0.0642. The summed E-state index contributed by atoms with van der Waals surface area (Å²) in [5, 5.41) is 3.55. The molecule has 3 heterocycles. The number of hydrogen-bond donors (Lipinski definition) is 1. The number of amides is 3. The summed E-state index contributed by atoms with van der Waals surface area (Å²) in [5.41, 5.74) is 2.32. The Morgan fingerprint density at radius 2 is 1.71 bits per heavy atom. The molecule has 0 bridgehead atoms. The van der Waals surface area contributed by atoms with Gasteiger partial charge in [0, 0.05) is 22.6 Å². The van der Waals surface area contributed by atoms with E-state index in [1.165, 1.54) is 17.0 Å². The molecule has 3 aliphatic rings. The van der Waals surface area contributed by atoms with Crippen molar-refractivity contribution in [1.82, 2.24) is 10.2 Å². The normalized spacial score (nSPS) is 17.6. The first-order valence-corrected chi connectivity index (χ1v) is 11.5. The highest BCUT2D eigenvalue weighted by atomic mass is 35.5. The van der Waals surface area contributed by atoms with Crippen LogP contribution < -0.4 is 19.5 Å². The van der Waals surface area contributed by atoms with Gasteiger partial charge in [0.1, 0.15) is 5.75 Å². The Bertz CT molecular complexity index is 1400. The van der Waals surface area contributed by atoms with Crippen LogP contribution in [0.3, 0.4) is 0 Å². The van der Waals surface area contributed by atoms with Gasteiger partial charge in [-0.1, -0.05) is 17.7 Å². The van der Waals surface area contributed by atoms with Crippen LogP contribution in [-0.4, -0.2) is 36.0 Å². The highest BCUT2D eigenvalue weighted by Gasteiger charge is 2.36. The molecule has 1 atom stereocenters. The third-order valence-corrected chi connectivity index (χ3v) is 6.56. The second-order valence-corrected chi connectivity index (χ2v) is 8.93. The van der Waals surface area contributed by atoms with Crippen molar-refractivity contribution in [2.24, 2.45) is 0 Å². The summed E-state index contributed by atoms with van der Waals surface area (Å²) in [4.78, 5) is 40.3. The Morgan fingerprint density at radius 1 is 0.914 bits per heavy atom. The Balaban J connectivity index is 1.21. The molecule has 0 aromatic heterocycles. The number of halogens is 1. The fraction of sp³-hybridized carbons (Fsp3) is 0.192. The first-order chi connectivity index (χ1) is 17.0. The van der Waals surface area contributed by atoms with Crippen LogP contribution in [0.4, 0.5) is 0 Å². The van der Waals surface area contributed by atoms with E-state index in [0.717, 1.165) is 11.1 Å². The molecule has 0 saturated carbocycles. The van der Waals surface area contributed by atoms with E-state index in [9.17, 15) is 14.4 Å². The molecule has 0 spiro atoms. The molecule has 3 aliphatic heterocycles. The van der Waals surface area contributed by atoms with Crippen LogP contribution in [0, 0.1) is 0 Å². The van der Waals surface area contributed by atoms with E-state index in [4.69, 9.17) is 25.8 Å². The van der Waals surface area contributed by atoms with E-state index in [2.05, 4.69) is 5.32 Å². The lowest BCUT2D eigenvalue weighted by Crippen LogP contribution is -2.32. The Kier molecular flexibility index (Phi) is 5.11. The average Bonchev–Trinajstić information content (AvgIpc) is 3.42. The Labute approximate surface area is 205 Å². The minimum Gasteiger partial charge on any atom is -0.493 e. The molecule has 3 aromatic rings. The number of nitrogens with one attached hydrogen (secondary N) is 1. The number of benzene rings is 3. The first kappa shape index (κ1) is 21.5. The standard InChI is InChI=1S/C26H19ClN2O6/c27-16-3-6-21-19(11-16)20(7-8-33-21)28-24(30)15-2-4-17-18(10-15)26(32)29(25(17)31)12-14-1-5-22-23(9-14)35-13-34-22/h1-6,9-11,20H,7-8,12-13H2,(H,28,30). The van der Waals surface area contributed by atoms with Gasteiger partial charge in [-0.3, -0.25) is 19.3 Å². The molecule has 3 amide bonds. The van der Waals surface area contributed by atoms with Crippen molar-refractivity contribution < 1.29 is 28.6 Å². The van der Waals surface area contributed by atoms with E-state index in [-0.39, 0.29) is 36.4 Å². The smallest absolute Gasteiger partial charge is 0.261 e. The number of nitrogens with zero attached hydrogens (tertiary/aromatic N) is 1. The molecule has 1 N–H and O–H groups in total. The number of hydrogen-bond acceptors (Lipinski definition) is 6. The Morgan fingerprint density at radius 3 is 2.60 bits per heavy atom. The summed E-state index contributed by atoms with van der Waals surface area (Å²) < 4.78 is 16.3. The van der Waals surface area contributed by atoms with Gasteiger partial charge in [0.2, 0.25) is 6.79 Å². The summed E-state index contributed by atoms with van der Waals surface area (Å²) in [7, 11) is 0. The van der Waals surface area contributed by atoms with Gasteiger partial charge in [-0.2, -0.15) is 0 Å². The number of ether oxygens (including phenoxy) is 3. The number of rotatable bonds is 4. The molecule has 0 aliphatic carbocycles. The van der Waals surface area contributed by atoms with Gasteiger partial charge in [0.05, 0.1) is 30.3 Å². The average molecular weight is 491 g/mol. The van der Waals surface area contributed by atoms with Gasteiger partial charge in [-0.25, -0.2) is 0 Å². The molecule has 35 heavy (non-hydrogen) atoms. The van der Waals surface area contributed by atoms with Crippen LogP contribution in [0.2, 0.25) is 5.02 Å². The molecule has 0 saturated heterocycles. The predicted octanol–water partition coefficient (Wildman–Crippen LogP) is 4.12. The molecule has 0 fully saturated rings. The second-order valence-electron chi connectivity index (χ2n) is 8.49. The van der Waals surface area contributed by atoms with Gasteiger partial charge >= 0.3 is 0 Å². The topological polar surface area (TPSA) is 94.2 Å². The highest BCUT2D eigenvalue weighted by Crippen LogP contribution is 2.35. The van der Waals surface area contributed by atoms with E-state index in [1.807, 2.05) is 0 Å². The van der Waals surface area contributed by atoms with E-state index >= 15 is 0 Å². The molecule has 0 radical (unpaired) electrons. The van der Waals surface area contributed by atoms with E-state index < -0.39 is 11.8 Å². The summed E-state index contributed by atoms with van der Waals surface area (Å²) >= 11 is 6.13. The predicted molar refractivity (Wildman–Crippen MR) is 125 cm³/mol. The van der Waals surface area contributed by atoms with Crippen molar-refractivity contribution in [3.63, 3.8) is 0 Å². The molecule has 6 rings (SSSR count). The summed E-state index contributed by atoms with van der Waals surface area (Å²) in [6.07, 6.45) is 0.588. The maximum atomic E-state index is 13.1. The largest absolute Gasteiger partial charge is 0.493 e. The lowest BCUT2D eigenvalue weighted by atomic mass is 9.99. The molecule has 1 unspecified atom stereocenters. The van der Waals surface area contributed by atoms with Gasteiger partial charge in [0.25, 0.3) is 17.7 Å². The van der Waals surface area contributed by atoms with Gasteiger partial charge in [-0.05, 0) is 54.1 Å². The zero-order chi connectivity index (χ0) is 24.1. The quantitative estimate of drug-likeness (QED) is 0.553. The number of imide groups is 1. The third-order valence-electron chi connectivity index (χ3n) is 6.33. The van der Waals surface area contributed by atoms with Crippen LogP contribution in [0.5, 0.6) is 17.2 Å². The van der Waals surface area contributed by atoms with Crippen LogP contribution in [0.15, 0.2) is 54.6 Å². The SMILES string of the molecule is O=C(NC1CCOc2ccc(Cl)cc21)c1ccc2c(c1)C(=O)N(Cc1ccc3c(c1)OCO3)C2=O. The fourth-order valence-electron chi connectivity index (χ4n) is 4.55. The molecular weight excluding hydrogens is 472 g/mol. The van der Waals surface area contributed by atoms with Gasteiger partial charge < -0.3 is 19.5 Å². The van der Waals surface area contributed by atoms with Crippen LogP contribution in [-0.2, 0) is 6.54 Å². The summed E-state index contributed by atoms with van der Waals surface area (Å²) in [5.74, 6) is 0.693. The van der Waals surface area contributed by atoms with Gasteiger partial charge in [-0.15, -0.1) is 0 Å². The monoisotopic (exact) mass is 490 g/mol. The maximum Gasteiger partial charge on any atom is 0.261 e. The van der Waals surface area contributed by atoms with Crippen molar-refractivity contribution in [1.29, 1.82) is 0 Å². The van der Waals surface area contributed by atoms with Crippen LogP contribution in [0.25, 0.3) is 0 Å². The van der Waals surface area contributed by atoms with Crippen molar-refractivity contribution in [2.45, 2.75) is 19.0 Å². The minimum atomic E-state index is -0.444. The van der Waals surface area contributed by atoms with Gasteiger partial charge in [0.15, 0.2) is 11.5 Å². The number of carbonyl (C=O) groups is 3. The summed E-state index contributed by atoms with van der Waals surface area (Å²) in [6.45, 7) is 0.693. The number of carbonyl (C=O) groups excluding carboxylic acids is 3. The molecule has 176 valence electrons. The van der Waals surface area contributed by atoms with Crippen molar-refractivity contribution in [3.8, 4) is 17.2 Å². The van der Waals surface area contributed by atoms with Crippen LogP contribution in [0.1, 0.15) is 54.7 Å². The van der Waals surface area contributed by atoms with E-state index in [0.29, 0.717) is 40.9 Å². The zero-order valence-corrected chi connectivity index (χ0v) is 19.1. The molecular formula is C26H19ClN2O6. The summed E-state index contributed by atoms with van der Waals surface area (Å²) in [6, 6.07) is 14.9. The number of fused-ring (bicyclic) bond motifs is 3. The minimum absolute atomic E-state index is 0.0874. The Hall–Kier alpha value is -4.04. The van der Waals surface area contributed by atoms with E-state index in [1.54, 1.807) is 42.5 Å². The maximum absolute atomic E-state index is 13.1. The zero-order valence-electron chi connectivity index (χ0n) is 18.4. The van der Waals surface area contributed by atoms with Crippen molar-refractivity contribution in [2.75, 3.05) is 13.4 Å². The van der Waals surface area contributed by atoms with Crippen molar-refractivity contribution >= 4 is 29.3 Å². The van der Waals surface area contributed by atoms with Crippen molar-refractivity contribution in [3.05, 3.63) is 87.4 Å². The highest BCUT2D eigenvalue weighted by molar-refractivity contribution is 6.30. The molecule has 9 heteroatoms. The lowest BCUT2D eigenvalue weighted by Gasteiger charge is -2.27. The fourth-order valence-corrected chi connectivity index (χ4v) is 4.73.